The molecule has 0 aromatic rings. The quantitative estimate of drug-likeness (QED) is 0.693. The summed E-state index contributed by atoms with van der Waals surface area (Å²) in [4.78, 5) is 2.28. The van der Waals surface area contributed by atoms with Crippen LogP contribution in [-0.4, -0.2) is 58.3 Å². The number of halogens is 1. The van der Waals surface area contributed by atoms with E-state index in [1.54, 1.807) is 6.92 Å². The Morgan fingerprint density at radius 2 is 2.12 bits per heavy atom. The molecular formula is C9H22ClN3O2S. The Balaban J connectivity index is 0.00000225. The Kier molecular flexibility index (Phi) is 7.50. The fraction of sp³-hybridized carbons (Fsp3) is 1.00. The zero-order valence-corrected chi connectivity index (χ0v) is 11.5. The van der Waals surface area contributed by atoms with Crippen LogP contribution in [0, 0.1) is 0 Å². The van der Waals surface area contributed by atoms with Gasteiger partial charge in [0.1, 0.15) is 0 Å². The van der Waals surface area contributed by atoms with Crippen LogP contribution in [0.2, 0.25) is 0 Å². The molecule has 1 heterocycles. The van der Waals surface area contributed by atoms with Gasteiger partial charge in [0.15, 0.2) is 0 Å². The van der Waals surface area contributed by atoms with Crippen LogP contribution < -0.4 is 10.0 Å². The van der Waals surface area contributed by atoms with E-state index in [4.69, 9.17) is 0 Å². The number of nitrogens with one attached hydrogen (secondary N) is 2. The van der Waals surface area contributed by atoms with E-state index >= 15 is 0 Å². The lowest BCUT2D eigenvalue weighted by Gasteiger charge is -2.15. The van der Waals surface area contributed by atoms with Crippen molar-refractivity contribution in [2.45, 2.75) is 19.4 Å². The van der Waals surface area contributed by atoms with Crippen molar-refractivity contribution in [3.8, 4) is 0 Å². The molecule has 0 aromatic heterocycles. The van der Waals surface area contributed by atoms with Crippen LogP contribution in [0.1, 0.15) is 13.3 Å². The number of nitrogens with zero attached hydrogens (tertiary/aromatic N) is 1. The third kappa shape index (κ3) is 5.45. The summed E-state index contributed by atoms with van der Waals surface area (Å²) in [5, 5.41) is 3.23. The Bertz CT molecular complexity index is 284. The first-order valence-electron chi connectivity index (χ1n) is 5.44. The highest BCUT2D eigenvalue weighted by atomic mass is 35.5. The van der Waals surface area contributed by atoms with Crippen LogP contribution in [-0.2, 0) is 10.0 Å². The zero-order valence-electron chi connectivity index (χ0n) is 9.90. The van der Waals surface area contributed by atoms with Gasteiger partial charge in [0, 0.05) is 25.7 Å². The SMILES string of the molecule is CCS(=O)(=O)NCCN1CCC(NC)C1.Cl. The smallest absolute Gasteiger partial charge is 0.211 e. The van der Waals surface area contributed by atoms with E-state index in [1.165, 1.54) is 0 Å². The maximum Gasteiger partial charge on any atom is 0.211 e. The van der Waals surface area contributed by atoms with Gasteiger partial charge in [-0.15, -0.1) is 12.4 Å². The van der Waals surface area contributed by atoms with E-state index in [0.29, 0.717) is 12.6 Å². The van der Waals surface area contributed by atoms with Gasteiger partial charge in [0.2, 0.25) is 10.0 Å². The lowest BCUT2D eigenvalue weighted by Crippen LogP contribution is -2.36. The minimum atomic E-state index is -3.02. The zero-order chi connectivity index (χ0) is 11.3. The van der Waals surface area contributed by atoms with Crippen LogP contribution in [0.25, 0.3) is 0 Å². The van der Waals surface area contributed by atoms with Crippen molar-refractivity contribution < 1.29 is 8.42 Å². The lowest BCUT2D eigenvalue weighted by atomic mass is 10.3. The number of rotatable bonds is 6. The normalized spacial score (nSPS) is 22.0. The molecule has 0 aliphatic carbocycles. The average molecular weight is 272 g/mol. The Labute approximate surface area is 104 Å². The molecule has 1 fully saturated rings. The first-order chi connectivity index (χ1) is 7.07. The number of likely N-dealkylation sites (tertiary alicyclic amines) is 1. The monoisotopic (exact) mass is 271 g/mol. The van der Waals surface area contributed by atoms with Crippen molar-refractivity contribution in [2.75, 3.05) is 39.0 Å². The second-order valence-corrected chi connectivity index (χ2v) is 5.97. The molecule has 1 aliphatic heterocycles. The third-order valence-corrected chi connectivity index (χ3v) is 4.21. The van der Waals surface area contributed by atoms with Crippen LogP contribution in [0.4, 0.5) is 0 Å². The molecule has 0 amide bonds. The summed E-state index contributed by atoms with van der Waals surface area (Å²) in [7, 11) is -1.06. The Hall–Kier alpha value is 0.120. The van der Waals surface area contributed by atoms with Crippen LogP contribution in [0.5, 0.6) is 0 Å². The average Bonchev–Trinajstić information content (AvgIpc) is 2.66. The molecule has 0 aromatic carbocycles. The summed E-state index contributed by atoms with van der Waals surface area (Å²) in [6, 6.07) is 0.563. The maximum atomic E-state index is 11.2. The molecule has 5 nitrogen and oxygen atoms in total. The predicted molar refractivity (Wildman–Crippen MR) is 68.6 cm³/mol. The van der Waals surface area contributed by atoms with Gasteiger partial charge in [0.05, 0.1) is 5.75 Å². The fourth-order valence-electron chi connectivity index (χ4n) is 1.73. The largest absolute Gasteiger partial charge is 0.316 e. The van der Waals surface area contributed by atoms with Gasteiger partial charge in [-0.05, 0) is 26.9 Å². The van der Waals surface area contributed by atoms with Gasteiger partial charge >= 0.3 is 0 Å². The lowest BCUT2D eigenvalue weighted by molar-refractivity contribution is 0.335. The summed E-state index contributed by atoms with van der Waals surface area (Å²) >= 11 is 0. The van der Waals surface area contributed by atoms with Crippen molar-refractivity contribution in [3.63, 3.8) is 0 Å². The minimum absolute atomic E-state index is 0. The molecule has 98 valence electrons. The summed E-state index contributed by atoms with van der Waals surface area (Å²) < 4.78 is 24.9. The van der Waals surface area contributed by atoms with E-state index in [-0.39, 0.29) is 18.2 Å². The van der Waals surface area contributed by atoms with E-state index in [1.807, 2.05) is 7.05 Å². The molecule has 1 unspecified atom stereocenters. The van der Waals surface area contributed by atoms with Crippen molar-refractivity contribution >= 4 is 22.4 Å². The van der Waals surface area contributed by atoms with Crippen LogP contribution in [0.3, 0.4) is 0 Å². The van der Waals surface area contributed by atoms with Gasteiger partial charge < -0.3 is 10.2 Å². The summed E-state index contributed by atoms with van der Waals surface area (Å²) in [6.45, 7) is 5.04. The van der Waals surface area contributed by atoms with Crippen molar-refractivity contribution in [1.82, 2.24) is 14.9 Å². The summed E-state index contributed by atoms with van der Waals surface area (Å²) in [6.07, 6.45) is 1.15. The number of hydrogen-bond donors (Lipinski definition) is 2. The van der Waals surface area contributed by atoms with Gasteiger partial charge in [-0.1, -0.05) is 0 Å². The molecule has 0 bridgehead atoms. The molecule has 7 heteroatoms. The fourth-order valence-corrected chi connectivity index (χ4v) is 2.34. The number of hydrogen-bond acceptors (Lipinski definition) is 4. The highest BCUT2D eigenvalue weighted by Gasteiger charge is 2.20. The molecule has 0 radical (unpaired) electrons. The summed E-state index contributed by atoms with van der Waals surface area (Å²) in [5.74, 6) is 0.159. The van der Waals surface area contributed by atoms with Crippen molar-refractivity contribution in [2.24, 2.45) is 0 Å². The Morgan fingerprint density at radius 1 is 1.44 bits per heavy atom. The van der Waals surface area contributed by atoms with E-state index in [9.17, 15) is 8.42 Å². The van der Waals surface area contributed by atoms with Crippen molar-refractivity contribution in [1.29, 1.82) is 0 Å². The predicted octanol–water partition coefficient (Wildman–Crippen LogP) is -0.359. The number of likely N-dealkylation sites (N-methyl/N-ethyl adjacent to an activating group) is 1. The van der Waals surface area contributed by atoms with E-state index in [0.717, 1.165) is 26.1 Å². The highest BCUT2D eigenvalue weighted by Crippen LogP contribution is 2.07. The molecule has 0 spiro atoms. The van der Waals surface area contributed by atoms with E-state index in [2.05, 4.69) is 14.9 Å². The molecule has 16 heavy (non-hydrogen) atoms. The van der Waals surface area contributed by atoms with Crippen LogP contribution >= 0.6 is 12.4 Å². The molecular weight excluding hydrogens is 250 g/mol. The topological polar surface area (TPSA) is 61.4 Å². The molecule has 1 atom stereocenters. The second-order valence-electron chi connectivity index (χ2n) is 3.87. The first-order valence-corrected chi connectivity index (χ1v) is 7.09. The molecule has 1 saturated heterocycles. The van der Waals surface area contributed by atoms with E-state index < -0.39 is 10.0 Å². The van der Waals surface area contributed by atoms with Crippen LogP contribution in [0.15, 0.2) is 0 Å². The molecule has 0 saturated carbocycles. The molecule has 1 rings (SSSR count). The van der Waals surface area contributed by atoms with Gasteiger partial charge in [0.25, 0.3) is 0 Å². The van der Waals surface area contributed by atoms with Gasteiger partial charge in [-0.25, -0.2) is 13.1 Å². The minimum Gasteiger partial charge on any atom is -0.316 e. The van der Waals surface area contributed by atoms with Gasteiger partial charge in [-0.2, -0.15) is 0 Å². The standard InChI is InChI=1S/C9H21N3O2S.ClH/c1-3-15(13,14)11-5-7-12-6-4-9(8-12)10-2;/h9-11H,3-8H2,1-2H3;1H. The third-order valence-electron chi connectivity index (χ3n) is 2.81. The first kappa shape index (κ1) is 16.1. The Morgan fingerprint density at radius 3 is 2.62 bits per heavy atom. The molecule has 2 N–H and O–H groups in total. The summed E-state index contributed by atoms with van der Waals surface area (Å²) in [5.41, 5.74) is 0. The highest BCUT2D eigenvalue weighted by molar-refractivity contribution is 7.89. The van der Waals surface area contributed by atoms with Crippen molar-refractivity contribution in [3.05, 3.63) is 0 Å². The molecule has 1 aliphatic rings. The second kappa shape index (κ2) is 7.45. The number of sulfonamides is 1. The maximum absolute atomic E-state index is 11.2. The van der Waals surface area contributed by atoms with Gasteiger partial charge in [-0.3, -0.25) is 0 Å².